The molecule has 3 aliphatic rings. The Kier molecular flexibility index (Phi) is 6.41. The molecule has 2 aliphatic carbocycles. The third-order valence-electron chi connectivity index (χ3n) is 11.1. The summed E-state index contributed by atoms with van der Waals surface area (Å²) in [7, 11) is 0. The second-order valence-electron chi connectivity index (χ2n) is 13.9. The van der Waals surface area contributed by atoms with Crippen LogP contribution in [0.1, 0.15) is 29.7 Å². The molecule has 1 aliphatic heterocycles. The number of nitrogens with zero attached hydrogens (tertiary/aromatic N) is 2. The molecule has 0 bridgehead atoms. The predicted octanol–water partition coefficient (Wildman–Crippen LogP) is 13.2. The molecule has 8 aromatic rings. The van der Waals surface area contributed by atoms with Gasteiger partial charge in [-0.1, -0.05) is 115 Å². The minimum absolute atomic E-state index is 0.242. The first-order chi connectivity index (χ1) is 25.3. The first kappa shape index (κ1) is 28.9. The zero-order valence-electron chi connectivity index (χ0n) is 28.1. The molecule has 1 atom stereocenters. The first-order valence-corrected chi connectivity index (χ1v) is 18.8. The Hall–Kier alpha value is -5.90. The molecule has 1 unspecified atom stereocenters. The highest BCUT2D eigenvalue weighted by Gasteiger charge is 2.36. The highest BCUT2D eigenvalue weighted by Crippen LogP contribution is 2.50. The number of aromatic nitrogens is 1. The molecule has 0 saturated heterocycles. The summed E-state index contributed by atoms with van der Waals surface area (Å²) < 4.78 is 5.19. The lowest BCUT2D eigenvalue weighted by atomic mass is 9.94. The van der Waals surface area contributed by atoms with Crippen molar-refractivity contribution in [1.29, 1.82) is 0 Å². The van der Waals surface area contributed by atoms with E-state index in [0.717, 1.165) is 19.3 Å². The minimum atomic E-state index is 0.242. The van der Waals surface area contributed by atoms with Crippen molar-refractivity contribution in [3.05, 3.63) is 175 Å². The summed E-state index contributed by atoms with van der Waals surface area (Å²) in [6.45, 7) is 0. The van der Waals surface area contributed by atoms with Crippen LogP contribution in [0.25, 0.3) is 70.7 Å². The van der Waals surface area contributed by atoms with Crippen LogP contribution in [0.2, 0.25) is 0 Å². The number of thiophene rings is 1. The molecule has 51 heavy (non-hydrogen) atoms. The van der Waals surface area contributed by atoms with Gasteiger partial charge in [0, 0.05) is 53.9 Å². The molecule has 11 rings (SSSR count). The number of fused-ring (bicyclic) bond motifs is 9. The fourth-order valence-electron chi connectivity index (χ4n) is 8.89. The van der Waals surface area contributed by atoms with E-state index in [0.29, 0.717) is 0 Å². The maximum Gasteiger partial charge on any atom is 0.0634 e. The van der Waals surface area contributed by atoms with E-state index in [4.69, 9.17) is 0 Å². The van der Waals surface area contributed by atoms with Crippen LogP contribution in [0.3, 0.4) is 0 Å². The number of rotatable bonds is 4. The van der Waals surface area contributed by atoms with Gasteiger partial charge in [0.25, 0.3) is 0 Å². The molecule has 242 valence electrons. The highest BCUT2D eigenvalue weighted by atomic mass is 32.1. The van der Waals surface area contributed by atoms with Crippen LogP contribution in [0.4, 0.5) is 11.4 Å². The van der Waals surface area contributed by atoms with Crippen molar-refractivity contribution in [2.24, 2.45) is 0 Å². The standard InChI is InChI=1S/C48H34N2S/c1-5-22-43-37(16-1)38-17-2-6-23-44(38)50(43)35-26-27-46-42(30-35)39-18-3-7-24-45(39)49(46)34-15-10-13-32(29-34)31-12-9-14-33(28-31)36-20-11-21-41-40-19-4-8-25-47(40)51-48(36)41/h1,3-16,18-26,28-30,46H,2,17,27H2. The van der Waals surface area contributed by atoms with Gasteiger partial charge in [-0.25, -0.2) is 0 Å². The second-order valence-corrected chi connectivity index (χ2v) is 15.0. The van der Waals surface area contributed by atoms with Crippen LogP contribution in [-0.4, -0.2) is 10.6 Å². The van der Waals surface area contributed by atoms with E-state index < -0.39 is 0 Å². The Morgan fingerprint density at radius 3 is 2.33 bits per heavy atom. The van der Waals surface area contributed by atoms with Crippen molar-refractivity contribution < 1.29 is 0 Å². The normalized spacial score (nSPS) is 16.3. The lowest BCUT2D eigenvalue weighted by molar-refractivity contribution is 0.825. The van der Waals surface area contributed by atoms with Gasteiger partial charge in [-0.05, 0) is 101 Å². The molecule has 3 heterocycles. The van der Waals surface area contributed by atoms with Crippen molar-refractivity contribution in [2.75, 3.05) is 4.90 Å². The summed E-state index contributed by atoms with van der Waals surface area (Å²) >= 11 is 1.89. The van der Waals surface area contributed by atoms with E-state index in [1.165, 1.54) is 92.8 Å². The molecule has 0 saturated carbocycles. The van der Waals surface area contributed by atoms with Crippen LogP contribution >= 0.6 is 11.3 Å². The number of hydrogen-bond donors (Lipinski definition) is 0. The van der Waals surface area contributed by atoms with E-state index in [9.17, 15) is 0 Å². The molecule has 0 fully saturated rings. The molecule has 3 heteroatoms. The first-order valence-electron chi connectivity index (χ1n) is 18.0. The van der Waals surface area contributed by atoms with Gasteiger partial charge in [0.2, 0.25) is 0 Å². The molecule has 0 amide bonds. The molecule has 0 radical (unpaired) electrons. The maximum absolute atomic E-state index is 2.57. The van der Waals surface area contributed by atoms with Crippen LogP contribution in [-0.2, 0) is 6.42 Å². The molecule has 0 N–H and O–H groups in total. The van der Waals surface area contributed by atoms with Gasteiger partial charge in [-0.2, -0.15) is 0 Å². The summed E-state index contributed by atoms with van der Waals surface area (Å²) in [6.07, 6.45) is 12.7. The Labute approximate surface area is 301 Å². The summed E-state index contributed by atoms with van der Waals surface area (Å²) in [5.74, 6) is 0. The Bertz CT molecular complexity index is 2800. The van der Waals surface area contributed by atoms with E-state index in [1.54, 1.807) is 0 Å². The fourth-order valence-corrected chi connectivity index (χ4v) is 10.1. The molecule has 2 aromatic heterocycles. The fraction of sp³-hybridized carbons (Fsp3) is 0.0833. The zero-order valence-corrected chi connectivity index (χ0v) is 28.9. The van der Waals surface area contributed by atoms with Gasteiger partial charge in [-0.3, -0.25) is 0 Å². The van der Waals surface area contributed by atoms with Crippen LogP contribution in [0, 0.1) is 0 Å². The largest absolute Gasteiger partial charge is 0.333 e. The van der Waals surface area contributed by atoms with E-state index in [1.807, 2.05) is 11.3 Å². The second kappa shape index (κ2) is 11.3. The third-order valence-corrected chi connectivity index (χ3v) is 12.4. The minimum Gasteiger partial charge on any atom is -0.333 e. The molecular formula is C48H34N2S. The van der Waals surface area contributed by atoms with Gasteiger partial charge < -0.3 is 9.47 Å². The van der Waals surface area contributed by atoms with Crippen molar-refractivity contribution in [1.82, 2.24) is 4.57 Å². The van der Waals surface area contributed by atoms with Crippen LogP contribution < -0.4 is 4.90 Å². The van der Waals surface area contributed by atoms with Gasteiger partial charge in [-0.15, -0.1) is 11.3 Å². The number of aryl methyl sites for hydroxylation is 1. The molecule has 2 nitrogen and oxygen atoms in total. The van der Waals surface area contributed by atoms with Crippen LogP contribution in [0.5, 0.6) is 0 Å². The van der Waals surface area contributed by atoms with E-state index in [-0.39, 0.29) is 6.04 Å². The van der Waals surface area contributed by atoms with Crippen molar-refractivity contribution in [2.45, 2.75) is 25.3 Å². The van der Waals surface area contributed by atoms with Gasteiger partial charge >= 0.3 is 0 Å². The van der Waals surface area contributed by atoms with Crippen LogP contribution in [0.15, 0.2) is 158 Å². The molecule has 0 spiro atoms. The molecular weight excluding hydrogens is 637 g/mol. The van der Waals surface area contributed by atoms with Crippen molar-refractivity contribution in [3.8, 4) is 22.3 Å². The summed E-state index contributed by atoms with van der Waals surface area (Å²) in [6, 6.07) is 51.9. The third kappa shape index (κ3) is 4.41. The highest BCUT2D eigenvalue weighted by molar-refractivity contribution is 7.26. The quantitative estimate of drug-likeness (QED) is 0.181. The van der Waals surface area contributed by atoms with Gasteiger partial charge in [0.15, 0.2) is 0 Å². The predicted molar refractivity (Wildman–Crippen MR) is 219 cm³/mol. The van der Waals surface area contributed by atoms with E-state index >= 15 is 0 Å². The summed E-state index contributed by atoms with van der Waals surface area (Å²) in [4.78, 5) is 2.57. The molecule has 6 aromatic carbocycles. The average molecular weight is 671 g/mol. The summed E-state index contributed by atoms with van der Waals surface area (Å²) in [5.41, 5.74) is 15.7. The monoisotopic (exact) mass is 670 g/mol. The smallest absolute Gasteiger partial charge is 0.0634 e. The topological polar surface area (TPSA) is 8.17 Å². The van der Waals surface area contributed by atoms with Crippen molar-refractivity contribution >= 4 is 71.1 Å². The van der Waals surface area contributed by atoms with Crippen molar-refractivity contribution in [3.63, 3.8) is 0 Å². The average Bonchev–Trinajstić information content (AvgIpc) is 3.86. The lowest BCUT2D eigenvalue weighted by Gasteiger charge is -2.30. The lowest BCUT2D eigenvalue weighted by Crippen LogP contribution is -2.27. The Morgan fingerprint density at radius 1 is 0.627 bits per heavy atom. The SMILES string of the molecule is C1=Cc2c(c3ccccc3n2C2=CCC3C(=C2)c2ccccc2N3c2cccc(-c3cccc(-c4cccc5c4sc4ccccc45)c3)c2)CC1. The van der Waals surface area contributed by atoms with E-state index in [2.05, 4.69) is 173 Å². The summed E-state index contributed by atoms with van der Waals surface area (Å²) in [5, 5.41) is 4.06. The number of allylic oxidation sites excluding steroid dienone is 3. The number of hydrogen-bond acceptors (Lipinski definition) is 2. The number of para-hydroxylation sites is 2. The van der Waals surface area contributed by atoms with Gasteiger partial charge in [0.05, 0.1) is 11.6 Å². The number of benzene rings is 6. The number of anilines is 2. The van der Waals surface area contributed by atoms with Gasteiger partial charge in [0.1, 0.15) is 0 Å². The zero-order chi connectivity index (χ0) is 33.5. The Balaban J connectivity index is 0.983. The Morgan fingerprint density at radius 2 is 1.37 bits per heavy atom. The maximum atomic E-state index is 2.57.